The summed E-state index contributed by atoms with van der Waals surface area (Å²) < 4.78 is 61.2. The SMILES string of the molecule is CC(O)(c1ccccc1)c1ncc(C(Cc2cc[n+]([O-])cc2)c2ccc(OC(F)F)c(OC(F)F)c2)s1. The van der Waals surface area contributed by atoms with Gasteiger partial charge in [0.25, 0.3) is 0 Å². The molecule has 2 atom stereocenters. The summed E-state index contributed by atoms with van der Waals surface area (Å²) in [5.41, 5.74) is 0.461. The summed E-state index contributed by atoms with van der Waals surface area (Å²) in [5, 5.41) is 23.1. The van der Waals surface area contributed by atoms with E-state index in [1.54, 1.807) is 49.5 Å². The summed E-state index contributed by atoms with van der Waals surface area (Å²) in [7, 11) is 0. The Kier molecular flexibility index (Phi) is 7.94. The molecule has 0 saturated carbocycles. The van der Waals surface area contributed by atoms with Gasteiger partial charge in [-0.2, -0.15) is 22.3 Å². The first-order valence-electron chi connectivity index (χ1n) is 11.1. The van der Waals surface area contributed by atoms with Crippen LogP contribution in [0.15, 0.2) is 79.3 Å². The lowest BCUT2D eigenvalue weighted by molar-refractivity contribution is -0.605. The fraction of sp³-hybridized carbons (Fsp3) is 0.231. The maximum Gasteiger partial charge on any atom is 0.387 e. The smallest absolute Gasteiger partial charge is 0.387 e. The Morgan fingerprint density at radius 2 is 1.62 bits per heavy atom. The molecule has 2 aromatic carbocycles. The average molecular weight is 535 g/mol. The van der Waals surface area contributed by atoms with Crippen molar-refractivity contribution in [1.29, 1.82) is 0 Å². The van der Waals surface area contributed by atoms with E-state index in [2.05, 4.69) is 14.5 Å². The lowest BCUT2D eigenvalue weighted by atomic mass is 9.91. The summed E-state index contributed by atoms with van der Waals surface area (Å²) >= 11 is 1.23. The Bertz CT molecular complexity index is 1320. The number of hydrogen-bond acceptors (Lipinski definition) is 6. The fourth-order valence-electron chi connectivity index (χ4n) is 3.88. The van der Waals surface area contributed by atoms with Gasteiger partial charge in [-0.05, 0) is 42.2 Å². The van der Waals surface area contributed by atoms with E-state index in [0.29, 0.717) is 32.2 Å². The first-order valence-corrected chi connectivity index (χ1v) is 11.9. The van der Waals surface area contributed by atoms with Crippen LogP contribution < -0.4 is 14.2 Å². The van der Waals surface area contributed by atoms with E-state index in [1.807, 2.05) is 6.07 Å². The number of aliphatic hydroxyl groups is 1. The molecule has 0 fully saturated rings. The zero-order chi connectivity index (χ0) is 26.6. The van der Waals surface area contributed by atoms with E-state index in [0.717, 1.165) is 11.6 Å². The van der Waals surface area contributed by atoms with Gasteiger partial charge in [0.05, 0.1) is 0 Å². The van der Waals surface area contributed by atoms with Gasteiger partial charge in [-0.25, -0.2) is 4.98 Å². The van der Waals surface area contributed by atoms with Crippen LogP contribution in [0, 0.1) is 5.21 Å². The topological polar surface area (TPSA) is 78.5 Å². The monoisotopic (exact) mass is 534 g/mol. The Labute approximate surface area is 214 Å². The van der Waals surface area contributed by atoms with Crippen LogP contribution >= 0.6 is 11.3 Å². The van der Waals surface area contributed by atoms with Crippen LogP contribution in [0.4, 0.5) is 17.6 Å². The minimum atomic E-state index is -3.26. The number of alkyl halides is 4. The van der Waals surface area contributed by atoms with Crippen LogP contribution in [-0.4, -0.2) is 23.3 Å². The second kappa shape index (κ2) is 11.1. The van der Waals surface area contributed by atoms with E-state index in [-0.39, 0.29) is 0 Å². The number of rotatable bonds is 10. The Hall–Kier alpha value is -3.70. The van der Waals surface area contributed by atoms with Gasteiger partial charge in [-0.15, -0.1) is 11.3 Å². The van der Waals surface area contributed by atoms with Crippen molar-refractivity contribution in [1.82, 2.24) is 4.98 Å². The molecule has 0 spiro atoms. The molecule has 4 aromatic rings. The number of halogens is 4. The molecule has 11 heteroatoms. The molecule has 0 saturated heterocycles. The number of aromatic nitrogens is 2. The highest BCUT2D eigenvalue weighted by molar-refractivity contribution is 7.11. The van der Waals surface area contributed by atoms with Crippen molar-refractivity contribution >= 4 is 11.3 Å². The molecule has 0 amide bonds. The summed E-state index contributed by atoms with van der Waals surface area (Å²) in [4.78, 5) is 5.11. The zero-order valence-corrected chi connectivity index (χ0v) is 20.2. The van der Waals surface area contributed by atoms with Crippen molar-refractivity contribution in [2.75, 3.05) is 0 Å². The van der Waals surface area contributed by atoms with Crippen molar-refractivity contribution in [3.8, 4) is 11.5 Å². The lowest BCUT2D eigenvalue weighted by Gasteiger charge is -2.21. The first kappa shape index (κ1) is 26.4. The van der Waals surface area contributed by atoms with Gasteiger partial charge in [-0.1, -0.05) is 36.4 Å². The molecule has 4 rings (SSSR count). The van der Waals surface area contributed by atoms with Gasteiger partial charge in [0.1, 0.15) is 10.6 Å². The Balaban J connectivity index is 1.76. The molecule has 2 heterocycles. The summed E-state index contributed by atoms with van der Waals surface area (Å²) in [6, 6.07) is 16.1. The van der Waals surface area contributed by atoms with Crippen LogP contribution in [0.3, 0.4) is 0 Å². The largest absolute Gasteiger partial charge is 0.619 e. The van der Waals surface area contributed by atoms with Gasteiger partial charge in [0.2, 0.25) is 0 Å². The molecule has 0 bridgehead atoms. The standard InChI is InChI=1S/C26H22F4N2O4S/c1-26(33,18-5-3-2-4-6-18)23-31-15-22(37-23)19(13-16-9-11-32(34)12-10-16)17-7-8-20(35-24(27)28)21(14-17)36-25(29)30/h2-12,14-15,19,24-25,33H,13H2,1H3. The maximum absolute atomic E-state index is 13.0. The number of thiazole rings is 1. The molecular formula is C26H22F4N2O4S. The third kappa shape index (κ3) is 6.36. The van der Waals surface area contributed by atoms with E-state index < -0.39 is 36.2 Å². The number of hydrogen-bond donors (Lipinski definition) is 1. The molecule has 194 valence electrons. The predicted octanol–water partition coefficient (Wildman–Crippen LogP) is 5.61. The second-order valence-corrected chi connectivity index (χ2v) is 9.35. The van der Waals surface area contributed by atoms with Crippen molar-refractivity contribution < 1.29 is 36.9 Å². The van der Waals surface area contributed by atoms with E-state index in [9.17, 15) is 27.9 Å². The minimum absolute atomic E-state index is 0.319. The molecule has 2 aromatic heterocycles. The molecule has 0 aliphatic carbocycles. The summed E-state index contributed by atoms with van der Waals surface area (Å²) in [6.07, 6.45) is 4.56. The van der Waals surface area contributed by atoms with Crippen LogP contribution in [0.25, 0.3) is 0 Å². The van der Waals surface area contributed by atoms with E-state index >= 15 is 0 Å². The number of pyridine rings is 1. The normalized spacial score (nSPS) is 13.9. The van der Waals surface area contributed by atoms with Crippen LogP contribution in [0.5, 0.6) is 11.5 Å². The Morgan fingerprint density at radius 3 is 2.27 bits per heavy atom. The number of ether oxygens (including phenoxy) is 2. The van der Waals surface area contributed by atoms with Crippen LogP contribution in [0.1, 0.15) is 39.4 Å². The van der Waals surface area contributed by atoms with Gasteiger partial charge >= 0.3 is 13.2 Å². The third-order valence-corrected chi connectivity index (χ3v) is 7.05. The molecule has 0 radical (unpaired) electrons. The van der Waals surface area contributed by atoms with Crippen LogP contribution in [0.2, 0.25) is 0 Å². The molecule has 0 aliphatic heterocycles. The molecule has 2 unspecified atom stereocenters. The second-order valence-electron chi connectivity index (χ2n) is 8.29. The first-order chi connectivity index (χ1) is 17.6. The number of benzene rings is 2. The van der Waals surface area contributed by atoms with Crippen molar-refractivity contribution in [3.05, 3.63) is 111 Å². The van der Waals surface area contributed by atoms with Gasteiger partial charge in [0, 0.05) is 29.1 Å². The van der Waals surface area contributed by atoms with Crippen LogP contribution in [-0.2, 0) is 12.0 Å². The minimum Gasteiger partial charge on any atom is -0.619 e. The van der Waals surface area contributed by atoms with E-state index in [1.165, 1.54) is 35.9 Å². The van der Waals surface area contributed by atoms with Crippen molar-refractivity contribution in [2.24, 2.45) is 0 Å². The van der Waals surface area contributed by atoms with Gasteiger partial charge in [-0.3, -0.25) is 0 Å². The quantitative estimate of drug-likeness (QED) is 0.163. The third-order valence-electron chi connectivity index (χ3n) is 5.73. The molecule has 0 aliphatic rings. The van der Waals surface area contributed by atoms with Gasteiger partial charge < -0.3 is 19.8 Å². The highest BCUT2D eigenvalue weighted by atomic mass is 32.1. The van der Waals surface area contributed by atoms with Crippen molar-refractivity contribution in [2.45, 2.75) is 38.1 Å². The Morgan fingerprint density at radius 1 is 0.973 bits per heavy atom. The zero-order valence-electron chi connectivity index (χ0n) is 19.4. The molecule has 6 nitrogen and oxygen atoms in total. The highest BCUT2D eigenvalue weighted by Crippen LogP contribution is 2.40. The predicted molar refractivity (Wildman–Crippen MR) is 128 cm³/mol. The average Bonchev–Trinajstić information content (AvgIpc) is 3.36. The maximum atomic E-state index is 13.0. The lowest BCUT2D eigenvalue weighted by Crippen LogP contribution is -2.24. The molecular weight excluding hydrogens is 512 g/mol. The molecule has 37 heavy (non-hydrogen) atoms. The summed E-state index contributed by atoms with van der Waals surface area (Å²) in [5.74, 6) is -1.56. The van der Waals surface area contributed by atoms with Crippen molar-refractivity contribution in [3.63, 3.8) is 0 Å². The number of nitrogens with zero attached hydrogens (tertiary/aromatic N) is 2. The fourth-order valence-corrected chi connectivity index (χ4v) is 4.99. The summed E-state index contributed by atoms with van der Waals surface area (Å²) in [6.45, 7) is -4.87. The van der Waals surface area contributed by atoms with E-state index in [4.69, 9.17) is 0 Å². The highest BCUT2D eigenvalue weighted by Gasteiger charge is 2.31. The molecule has 1 N–H and O–H groups in total. The van der Waals surface area contributed by atoms with Gasteiger partial charge in [0.15, 0.2) is 23.9 Å².